The van der Waals surface area contributed by atoms with Crippen LogP contribution in [0.3, 0.4) is 0 Å². The van der Waals surface area contributed by atoms with Crippen LogP contribution in [-0.2, 0) is 4.74 Å². The van der Waals surface area contributed by atoms with E-state index in [-0.39, 0.29) is 6.04 Å². The number of nitrogens with one attached hydrogen (secondary N) is 1. The van der Waals surface area contributed by atoms with Crippen molar-refractivity contribution in [2.75, 3.05) is 13.2 Å². The zero-order chi connectivity index (χ0) is 11.5. The Kier molecular flexibility index (Phi) is 3.82. The van der Waals surface area contributed by atoms with Crippen LogP contribution < -0.4 is 11.3 Å². The predicted molar refractivity (Wildman–Crippen MR) is 65.2 cm³/mol. The number of hydrogen-bond donors (Lipinski definition) is 2. The van der Waals surface area contributed by atoms with Gasteiger partial charge in [0.15, 0.2) is 0 Å². The van der Waals surface area contributed by atoms with Gasteiger partial charge in [-0.05, 0) is 30.5 Å². The molecule has 88 valence electrons. The van der Waals surface area contributed by atoms with Crippen molar-refractivity contribution in [1.29, 1.82) is 0 Å². The molecule has 0 saturated carbocycles. The third-order valence-electron chi connectivity index (χ3n) is 3.26. The zero-order valence-corrected chi connectivity index (χ0v) is 10.1. The molecule has 3 N–H and O–H groups in total. The summed E-state index contributed by atoms with van der Waals surface area (Å²) in [7, 11) is 0. The third-order valence-corrected chi connectivity index (χ3v) is 3.67. The largest absolute Gasteiger partial charge is 0.381 e. The Hall–Kier alpha value is -0.610. The lowest BCUT2D eigenvalue weighted by atomic mass is 9.90. The Morgan fingerprint density at radius 3 is 3.00 bits per heavy atom. The molecule has 16 heavy (non-hydrogen) atoms. The van der Waals surface area contributed by atoms with Gasteiger partial charge in [-0.25, -0.2) is 0 Å². The van der Waals surface area contributed by atoms with Gasteiger partial charge in [0.25, 0.3) is 0 Å². The number of halogens is 1. The molecule has 1 fully saturated rings. The van der Waals surface area contributed by atoms with E-state index in [4.69, 9.17) is 22.2 Å². The number of ether oxygens (including phenoxy) is 1. The average Bonchev–Trinajstić information content (AvgIpc) is 2.79. The number of rotatable bonds is 3. The smallest absolute Gasteiger partial charge is 0.0514 e. The van der Waals surface area contributed by atoms with Crippen molar-refractivity contribution in [2.24, 2.45) is 11.8 Å². The Labute approximate surface area is 101 Å². The first-order chi connectivity index (χ1) is 7.74. The van der Waals surface area contributed by atoms with Gasteiger partial charge < -0.3 is 4.74 Å². The molecule has 1 aromatic carbocycles. The Bertz CT molecular complexity index is 364. The summed E-state index contributed by atoms with van der Waals surface area (Å²) < 4.78 is 5.40. The first-order valence-corrected chi connectivity index (χ1v) is 5.90. The summed E-state index contributed by atoms with van der Waals surface area (Å²) >= 11 is 6.12. The summed E-state index contributed by atoms with van der Waals surface area (Å²) in [4.78, 5) is 0. The van der Waals surface area contributed by atoms with Crippen LogP contribution in [0.1, 0.15) is 23.6 Å². The second-order valence-corrected chi connectivity index (χ2v) is 4.63. The molecule has 0 spiro atoms. The first-order valence-electron chi connectivity index (χ1n) is 5.53. The summed E-state index contributed by atoms with van der Waals surface area (Å²) in [5, 5.41) is 0.789. The van der Waals surface area contributed by atoms with Gasteiger partial charge in [-0.1, -0.05) is 23.7 Å². The quantitative estimate of drug-likeness (QED) is 0.629. The minimum atomic E-state index is 0.126. The van der Waals surface area contributed by atoms with Crippen molar-refractivity contribution in [3.05, 3.63) is 34.3 Å². The second kappa shape index (κ2) is 5.15. The molecular formula is C12H17ClN2O. The molecule has 1 heterocycles. The average molecular weight is 241 g/mol. The highest BCUT2D eigenvalue weighted by Gasteiger charge is 2.27. The van der Waals surface area contributed by atoms with Crippen LogP contribution in [0.5, 0.6) is 0 Å². The van der Waals surface area contributed by atoms with Gasteiger partial charge in [0.2, 0.25) is 0 Å². The Morgan fingerprint density at radius 1 is 1.56 bits per heavy atom. The van der Waals surface area contributed by atoms with E-state index in [1.54, 1.807) is 0 Å². The molecule has 3 nitrogen and oxygen atoms in total. The number of benzene rings is 1. The topological polar surface area (TPSA) is 47.3 Å². The minimum Gasteiger partial charge on any atom is -0.381 e. The number of nitrogens with two attached hydrogens (primary N) is 1. The molecule has 4 heteroatoms. The highest BCUT2D eigenvalue weighted by atomic mass is 35.5. The summed E-state index contributed by atoms with van der Waals surface area (Å²) in [5.74, 6) is 6.09. The molecule has 0 amide bonds. The van der Waals surface area contributed by atoms with Crippen LogP contribution >= 0.6 is 11.6 Å². The highest BCUT2D eigenvalue weighted by Crippen LogP contribution is 2.32. The van der Waals surface area contributed by atoms with Crippen molar-refractivity contribution in [3.63, 3.8) is 0 Å². The lowest BCUT2D eigenvalue weighted by Gasteiger charge is -2.24. The van der Waals surface area contributed by atoms with E-state index in [1.807, 2.05) is 19.1 Å². The van der Waals surface area contributed by atoms with E-state index in [0.29, 0.717) is 5.92 Å². The van der Waals surface area contributed by atoms with Crippen molar-refractivity contribution < 1.29 is 4.74 Å². The zero-order valence-electron chi connectivity index (χ0n) is 9.37. The van der Waals surface area contributed by atoms with E-state index in [0.717, 1.165) is 30.2 Å². The first kappa shape index (κ1) is 11.9. The maximum Gasteiger partial charge on any atom is 0.0514 e. The van der Waals surface area contributed by atoms with Crippen molar-refractivity contribution in [3.8, 4) is 0 Å². The maximum atomic E-state index is 6.12. The molecule has 1 aliphatic rings. The molecule has 2 unspecified atom stereocenters. The van der Waals surface area contributed by atoms with E-state index < -0.39 is 0 Å². The predicted octanol–water partition coefficient (Wildman–Crippen LogP) is 2.19. The molecule has 2 atom stereocenters. The fourth-order valence-corrected chi connectivity index (χ4v) is 2.44. The number of hydrazine groups is 1. The van der Waals surface area contributed by atoms with Gasteiger partial charge in [-0.15, -0.1) is 0 Å². The molecular weight excluding hydrogens is 224 g/mol. The molecule has 0 bridgehead atoms. The summed E-state index contributed by atoms with van der Waals surface area (Å²) in [6.07, 6.45) is 1.04. The monoisotopic (exact) mass is 240 g/mol. The van der Waals surface area contributed by atoms with E-state index in [2.05, 4.69) is 11.5 Å². The number of hydrogen-bond acceptors (Lipinski definition) is 3. The maximum absolute atomic E-state index is 6.12. The molecule has 0 aromatic heterocycles. The third kappa shape index (κ3) is 2.23. The van der Waals surface area contributed by atoms with Gasteiger partial charge in [-0.3, -0.25) is 11.3 Å². The van der Waals surface area contributed by atoms with Gasteiger partial charge in [0.1, 0.15) is 0 Å². The summed E-state index contributed by atoms with van der Waals surface area (Å²) in [6.45, 7) is 3.61. The van der Waals surface area contributed by atoms with Crippen molar-refractivity contribution in [2.45, 2.75) is 19.4 Å². The van der Waals surface area contributed by atoms with Gasteiger partial charge in [-0.2, -0.15) is 0 Å². The van der Waals surface area contributed by atoms with Crippen LogP contribution in [-0.4, -0.2) is 13.2 Å². The van der Waals surface area contributed by atoms with Crippen LogP contribution in [0.15, 0.2) is 18.2 Å². The van der Waals surface area contributed by atoms with Gasteiger partial charge >= 0.3 is 0 Å². The van der Waals surface area contributed by atoms with Crippen molar-refractivity contribution in [1.82, 2.24) is 5.43 Å². The summed E-state index contributed by atoms with van der Waals surface area (Å²) in [5.41, 5.74) is 5.16. The van der Waals surface area contributed by atoms with Crippen LogP contribution in [0.4, 0.5) is 0 Å². The van der Waals surface area contributed by atoms with Crippen LogP contribution in [0, 0.1) is 12.8 Å². The molecule has 1 aliphatic heterocycles. The summed E-state index contributed by atoms with van der Waals surface area (Å²) in [6, 6.07) is 6.06. The molecule has 0 radical (unpaired) electrons. The van der Waals surface area contributed by atoms with Crippen LogP contribution in [0.2, 0.25) is 5.02 Å². The molecule has 1 aromatic rings. The van der Waals surface area contributed by atoms with E-state index in [1.165, 1.54) is 5.56 Å². The van der Waals surface area contributed by atoms with Gasteiger partial charge in [0, 0.05) is 17.5 Å². The van der Waals surface area contributed by atoms with E-state index >= 15 is 0 Å². The van der Waals surface area contributed by atoms with Crippen LogP contribution in [0.25, 0.3) is 0 Å². The fourth-order valence-electron chi connectivity index (χ4n) is 2.26. The van der Waals surface area contributed by atoms with Gasteiger partial charge in [0.05, 0.1) is 12.6 Å². The molecule has 2 rings (SSSR count). The highest BCUT2D eigenvalue weighted by molar-refractivity contribution is 6.31. The second-order valence-electron chi connectivity index (χ2n) is 4.22. The Morgan fingerprint density at radius 2 is 2.38 bits per heavy atom. The minimum absolute atomic E-state index is 0.126. The SMILES string of the molecule is Cc1c(Cl)cccc1C(NN)C1CCOC1. The lowest BCUT2D eigenvalue weighted by Crippen LogP contribution is -2.34. The fraction of sp³-hybridized carbons (Fsp3) is 0.500. The molecule has 0 aliphatic carbocycles. The Balaban J connectivity index is 2.28. The standard InChI is InChI=1S/C12H17ClN2O/c1-8-10(3-2-4-11(8)13)12(15-14)9-5-6-16-7-9/h2-4,9,12,15H,5-7,14H2,1H3. The lowest BCUT2D eigenvalue weighted by molar-refractivity contribution is 0.176. The normalized spacial score (nSPS) is 22.3. The van der Waals surface area contributed by atoms with E-state index in [9.17, 15) is 0 Å². The molecule has 1 saturated heterocycles. The van der Waals surface area contributed by atoms with Crippen molar-refractivity contribution >= 4 is 11.6 Å².